The summed E-state index contributed by atoms with van der Waals surface area (Å²) in [7, 11) is 0. The maximum atomic E-state index is 9.48. The number of aliphatic hydroxyl groups excluding tert-OH is 2. The Kier molecular flexibility index (Phi) is 10.0. The Labute approximate surface area is 170 Å². The predicted octanol–water partition coefficient (Wildman–Crippen LogP) is 4.08. The first-order valence-electron chi connectivity index (χ1n) is 8.38. The van der Waals surface area contributed by atoms with Gasteiger partial charge in [0, 0.05) is 33.2 Å². The summed E-state index contributed by atoms with van der Waals surface area (Å²) < 4.78 is 0. The second-order valence-electron chi connectivity index (χ2n) is 5.91. The summed E-state index contributed by atoms with van der Waals surface area (Å²) >= 11 is 0. The van der Waals surface area contributed by atoms with Crippen LogP contribution in [-0.4, -0.2) is 27.4 Å². The second kappa shape index (κ2) is 11.7. The minimum absolute atomic E-state index is 0. The van der Waals surface area contributed by atoms with Crippen molar-refractivity contribution in [1.82, 2.24) is 4.98 Å². The molecule has 0 amide bonds. The summed E-state index contributed by atoms with van der Waals surface area (Å²) in [5.74, 6) is -0.193. The molecule has 0 aliphatic carbocycles. The molecule has 26 heavy (non-hydrogen) atoms. The van der Waals surface area contributed by atoms with Crippen LogP contribution in [-0.2, 0) is 21.1 Å². The van der Waals surface area contributed by atoms with Gasteiger partial charge in [0.25, 0.3) is 0 Å². The number of pyridine rings is 1. The Bertz CT molecular complexity index is 673. The molecular weight excluding hydrogens is 505 g/mol. The quantitative estimate of drug-likeness (QED) is 0.501. The fourth-order valence-electron chi connectivity index (χ4n) is 2.71. The molecule has 1 aromatic heterocycles. The van der Waals surface area contributed by atoms with Crippen molar-refractivity contribution in [2.75, 3.05) is 0 Å². The summed E-state index contributed by atoms with van der Waals surface area (Å²) in [6.07, 6.45) is 0.737. The van der Waals surface area contributed by atoms with Gasteiger partial charge < -0.3 is 15.2 Å². The third kappa shape index (κ3) is 6.84. The van der Waals surface area contributed by atoms with Gasteiger partial charge in [-0.25, -0.2) is 0 Å². The fraction of sp³-hybridized carbons (Fsp3) is 0.227. The Balaban J connectivity index is 0.000000251. The first kappa shape index (κ1) is 22.2. The Hall–Kier alpha value is -1.80. The molecule has 0 aliphatic rings. The van der Waals surface area contributed by atoms with E-state index in [1.165, 1.54) is 0 Å². The van der Waals surface area contributed by atoms with E-state index in [1.54, 1.807) is 20.0 Å². The Morgan fingerprint density at radius 2 is 1.42 bits per heavy atom. The first-order valence-corrected chi connectivity index (χ1v) is 8.38. The van der Waals surface area contributed by atoms with Crippen molar-refractivity contribution >= 4 is 0 Å². The molecule has 0 radical (unpaired) electrons. The topological polar surface area (TPSA) is 53.4 Å². The van der Waals surface area contributed by atoms with Crippen LogP contribution in [0.4, 0.5) is 0 Å². The average molecular weight is 530 g/mol. The monoisotopic (exact) mass is 529 g/mol. The molecule has 140 valence electrons. The normalized spacial score (nSPS) is 13.4. The van der Waals surface area contributed by atoms with Crippen molar-refractivity contribution in [3.05, 3.63) is 90.6 Å². The predicted molar refractivity (Wildman–Crippen MR) is 101 cm³/mol. The van der Waals surface area contributed by atoms with Crippen LogP contribution in [0.3, 0.4) is 0 Å². The van der Waals surface area contributed by atoms with E-state index in [0.29, 0.717) is 0 Å². The van der Waals surface area contributed by atoms with Crippen molar-refractivity contribution in [3.8, 4) is 11.3 Å². The zero-order valence-corrected chi connectivity index (χ0v) is 17.2. The largest absolute Gasteiger partial charge is 0.393 e. The van der Waals surface area contributed by atoms with Crippen LogP contribution in [0.2, 0.25) is 0 Å². The molecule has 0 bridgehead atoms. The van der Waals surface area contributed by atoms with Gasteiger partial charge in [-0.1, -0.05) is 42.5 Å². The van der Waals surface area contributed by atoms with Crippen LogP contribution in [0.25, 0.3) is 11.3 Å². The third-order valence-electron chi connectivity index (χ3n) is 3.87. The number of aromatic nitrogens is 1. The Morgan fingerprint density at radius 3 is 1.92 bits per heavy atom. The number of rotatable bonds is 4. The van der Waals surface area contributed by atoms with Gasteiger partial charge in [0.2, 0.25) is 0 Å². The molecule has 3 aromatic rings. The van der Waals surface area contributed by atoms with Crippen LogP contribution in [0.5, 0.6) is 0 Å². The molecule has 0 saturated heterocycles. The van der Waals surface area contributed by atoms with E-state index >= 15 is 0 Å². The fourth-order valence-corrected chi connectivity index (χ4v) is 2.71. The van der Waals surface area contributed by atoms with Crippen molar-refractivity contribution in [2.45, 2.75) is 32.0 Å². The van der Waals surface area contributed by atoms with Gasteiger partial charge in [-0.05, 0) is 31.2 Å². The molecule has 2 unspecified atom stereocenters. The van der Waals surface area contributed by atoms with Crippen molar-refractivity contribution in [1.29, 1.82) is 0 Å². The van der Waals surface area contributed by atoms with E-state index in [2.05, 4.69) is 11.1 Å². The molecule has 0 saturated carbocycles. The van der Waals surface area contributed by atoms with Gasteiger partial charge in [-0.2, -0.15) is 0 Å². The van der Waals surface area contributed by atoms with Crippen LogP contribution in [0.1, 0.15) is 25.3 Å². The molecular formula is C22H24NO2Pt-. The van der Waals surface area contributed by atoms with Gasteiger partial charge in [0.1, 0.15) is 0 Å². The number of aliphatic hydroxyl groups is 2. The van der Waals surface area contributed by atoms with E-state index in [9.17, 15) is 10.2 Å². The maximum absolute atomic E-state index is 9.48. The molecule has 2 atom stereocenters. The molecule has 3 nitrogen and oxygen atoms in total. The minimum atomic E-state index is -0.526. The average Bonchev–Trinajstić information content (AvgIpc) is 2.64. The van der Waals surface area contributed by atoms with Crippen LogP contribution >= 0.6 is 0 Å². The van der Waals surface area contributed by atoms with E-state index < -0.39 is 12.2 Å². The number of hydrogen-bond donors (Lipinski definition) is 2. The molecule has 0 spiro atoms. The van der Waals surface area contributed by atoms with Gasteiger partial charge in [0.15, 0.2) is 0 Å². The standard InChI is InChI=1S/C11H8N.C11H16O2.Pt/c1-2-6-10(7-3-1)11-8-4-5-9-12-11;1-8(12)11(9(2)13)10-6-4-3-5-7-10;/h1-6,8-9H;3-9,11-13H,1-2H3;/q-1;;. The minimum Gasteiger partial charge on any atom is -0.393 e. The van der Waals surface area contributed by atoms with E-state index in [0.717, 1.165) is 16.8 Å². The summed E-state index contributed by atoms with van der Waals surface area (Å²) in [6, 6.07) is 26.4. The zero-order valence-electron chi connectivity index (χ0n) is 14.9. The van der Waals surface area contributed by atoms with Crippen LogP contribution in [0, 0.1) is 6.07 Å². The van der Waals surface area contributed by atoms with Gasteiger partial charge in [0.05, 0.1) is 12.2 Å². The second-order valence-corrected chi connectivity index (χ2v) is 5.91. The van der Waals surface area contributed by atoms with Gasteiger partial charge >= 0.3 is 0 Å². The molecule has 0 fully saturated rings. The van der Waals surface area contributed by atoms with Gasteiger partial charge in [-0.3, -0.25) is 0 Å². The van der Waals surface area contributed by atoms with E-state index in [1.807, 2.05) is 72.8 Å². The zero-order chi connectivity index (χ0) is 18.1. The van der Waals surface area contributed by atoms with E-state index in [4.69, 9.17) is 0 Å². The smallest absolute Gasteiger partial charge is 0.0605 e. The third-order valence-corrected chi connectivity index (χ3v) is 3.87. The number of benzene rings is 2. The van der Waals surface area contributed by atoms with Crippen molar-refractivity contribution in [2.24, 2.45) is 0 Å². The van der Waals surface area contributed by atoms with Crippen LogP contribution < -0.4 is 0 Å². The summed E-state index contributed by atoms with van der Waals surface area (Å²) in [4.78, 5) is 4.22. The molecule has 0 aliphatic heterocycles. The summed E-state index contributed by atoms with van der Waals surface area (Å²) in [5, 5.41) is 19.0. The molecule has 4 heteroatoms. The molecule has 1 heterocycles. The van der Waals surface area contributed by atoms with Crippen molar-refractivity contribution < 1.29 is 31.3 Å². The van der Waals surface area contributed by atoms with Crippen LogP contribution in [0.15, 0.2) is 79.0 Å². The molecule has 3 rings (SSSR count). The number of hydrogen-bond acceptors (Lipinski definition) is 3. The first-order chi connectivity index (χ1) is 12.1. The molecule has 2 N–H and O–H groups in total. The maximum Gasteiger partial charge on any atom is 0.0605 e. The summed E-state index contributed by atoms with van der Waals surface area (Å²) in [6.45, 7) is 3.40. The van der Waals surface area contributed by atoms with Gasteiger partial charge in [-0.15, -0.1) is 35.9 Å². The summed E-state index contributed by atoms with van der Waals surface area (Å²) in [5.41, 5.74) is 2.99. The van der Waals surface area contributed by atoms with E-state index in [-0.39, 0.29) is 27.0 Å². The molecule has 2 aromatic carbocycles. The van der Waals surface area contributed by atoms with Crippen molar-refractivity contribution in [3.63, 3.8) is 0 Å². The SMILES string of the molecule is CC(O)C(c1ccccc1)C(C)O.[Pt].[c-]1ccccc1-c1ccccn1. The number of nitrogens with zero attached hydrogens (tertiary/aromatic N) is 1. The Morgan fingerprint density at radius 1 is 0.808 bits per heavy atom.